The average molecular weight is 365 g/mol. The Bertz CT molecular complexity index is 1100. The Labute approximate surface area is 153 Å². The minimum absolute atomic E-state index is 0.175. The monoisotopic (exact) mass is 365 g/mol. The van der Waals surface area contributed by atoms with E-state index < -0.39 is 17.5 Å². The third-order valence-electron chi connectivity index (χ3n) is 3.72. The van der Waals surface area contributed by atoms with Gasteiger partial charge in [-0.25, -0.2) is 9.59 Å². The van der Waals surface area contributed by atoms with E-state index in [0.29, 0.717) is 11.1 Å². The number of rotatable bonds is 5. The zero-order valence-electron chi connectivity index (χ0n) is 14.3. The fourth-order valence-corrected chi connectivity index (χ4v) is 2.36. The SMILES string of the molecule is COc1ccc(/C=C/C(=O)Oc2ccc3cc(C(N)=O)c(=O)oc3c2)cc1. The Morgan fingerprint density at radius 3 is 2.41 bits per heavy atom. The molecule has 1 aromatic heterocycles. The van der Waals surface area contributed by atoms with E-state index in [0.717, 1.165) is 5.56 Å². The van der Waals surface area contributed by atoms with Gasteiger partial charge in [0, 0.05) is 17.5 Å². The first-order valence-electron chi connectivity index (χ1n) is 7.88. The van der Waals surface area contributed by atoms with Crippen LogP contribution in [0.1, 0.15) is 15.9 Å². The van der Waals surface area contributed by atoms with Crippen molar-refractivity contribution >= 4 is 28.9 Å². The van der Waals surface area contributed by atoms with Gasteiger partial charge in [0.1, 0.15) is 22.6 Å². The first kappa shape index (κ1) is 17.9. The summed E-state index contributed by atoms with van der Waals surface area (Å²) in [5, 5.41) is 0.483. The summed E-state index contributed by atoms with van der Waals surface area (Å²) in [6.07, 6.45) is 2.88. The van der Waals surface area contributed by atoms with Crippen LogP contribution in [0, 0.1) is 0 Å². The van der Waals surface area contributed by atoms with Crippen LogP contribution in [0.4, 0.5) is 0 Å². The van der Waals surface area contributed by atoms with E-state index in [1.807, 2.05) is 0 Å². The summed E-state index contributed by atoms with van der Waals surface area (Å²) in [4.78, 5) is 34.9. The van der Waals surface area contributed by atoms with Crippen molar-refractivity contribution in [1.82, 2.24) is 0 Å². The van der Waals surface area contributed by atoms with Crippen LogP contribution in [0.5, 0.6) is 11.5 Å². The number of nitrogens with two attached hydrogens (primary N) is 1. The summed E-state index contributed by atoms with van der Waals surface area (Å²) in [5.74, 6) is -0.556. The third kappa shape index (κ3) is 4.21. The highest BCUT2D eigenvalue weighted by molar-refractivity contribution is 5.95. The molecule has 136 valence electrons. The Hall–Kier alpha value is -3.87. The normalized spacial score (nSPS) is 10.9. The lowest BCUT2D eigenvalue weighted by molar-refractivity contribution is -0.128. The largest absolute Gasteiger partial charge is 0.497 e. The van der Waals surface area contributed by atoms with Gasteiger partial charge in [0.05, 0.1) is 7.11 Å². The van der Waals surface area contributed by atoms with Crippen LogP contribution >= 0.6 is 0 Å². The van der Waals surface area contributed by atoms with Crippen LogP contribution in [-0.2, 0) is 4.79 Å². The smallest absolute Gasteiger partial charge is 0.349 e. The van der Waals surface area contributed by atoms with Gasteiger partial charge in [0.25, 0.3) is 5.91 Å². The second kappa shape index (κ2) is 7.57. The Balaban J connectivity index is 1.76. The molecule has 3 rings (SSSR count). The molecule has 1 heterocycles. The van der Waals surface area contributed by atoms with Crippen LogP contribution in [-0.4, -0.2) is 19.0 Å². The van der Waals surface area contributed by atoms with Crippen molar-refractivity contribution in [3.63, 3.8) is 0 Å². The zero-order chi connectivity index (χ0) is 19.4. The third-order valence-corrected chi connectivity index (χ3v) is 3.72. The predicted octanol–water partition coefficient (Wildman–Crippen LogP) is 2.52. The maximum Gasteiger partial charge on any atom is 0.349 e. The van der Waals surface area contributed by atoms with Crippen molar-refractivity contribution in [3.8, 4) is 11.5 Å². The topological polar surface area (TPSA) is 109 Å². The number of methoxy groups -OCH3 is 1. The van der Waals surface area contributed by atoms with Gasteiger partial charge in [-0.05, 0) is 42.0 Å². The van der Waals surface area contributed by atoms with Gasteiger partial charge in [0.15, 0.2) is 0 Å². The maximum absolute atomic E-state index is 12.0. The number of carbonyl (C=O) groups excluding carboxylic acids is 2. The van der Waals surface area contributed by atoms with E-state index >= 15 is 0 Å². The molecule has 0 aliphatic heterocycles. The highest BCUT2D eigenvalue weighted by Gasteiger charge is 2.11. The molecule has 2 aromatic carbocycles. The lowest BCUT2D eigenvalue weighted by atomic mass is 10.1. The molecule has 3 aromatic rings. The molecule has 0 aliphatic rings. The number of carbonyl (C=O) groups is 2. The van der Waals surface area contributed by atoms with Crippen molar-refractivity contribution in [2.45, 2.75) is 0 Å². The predicted molar refractivity (Wildman–Crippen MR) is 98.7 cm³/mol. The van der Waals surface area contributed by atoms with Crippen molar-refractivity contribution < 1.29 is 23.5 Å². The maximum atomic E-state index is 12.0. The highest BCUT2D eigenvalue weighted by atomic mass is 16.5. The number of benzene rings is 2. The minimum Gasteiger partial charge on any atom is -0.497 e. The van der Waals surface area contributed by atoms with Gasteiger partial charge in [-0.2, -0.15) is 0 Å². The molecular weight excluding hydrogens is 350 g/mol. The number of ether oxygens (including phenoxy) is 2. The van der Waals surface area contributed by atoms with Crippen LogP contribution in [0.2, 0.25) is 0 Å². The van der Waals surface area contributed by atoms with E-state index in [-0.39, 0.29) is 16.9 Å². The van der Waals surface area contributed by atoms with E-state index in [1.54, 1.807) is 43.5 Å². The summed E-state index contributed by atoms with van der Waals surface area (Å²) in [5.41, 5.74) is 5.00. The van der Waals surface area contributed by atoms with Crippen molar-refractivity contribution in [3.05, 3.63) is 76.2 Å². The van der Waals surface area contributed by atoms with Gasteiger partial charge < -0.3 is 19.6 Å². The average Bonchev–Trinajstić information content (AvgIpc) is 2.66. The van der Waals surface area contributed by atoms with Gasteiger partial charge in [-0.15, -0.1) is 0 Å². The second-order valence-electron chi connectivity index (χ2n) is 5.54. The molecule has 0 radical (unpaired) electrons. The van der Waals surface area contributed by atoms with Crippen molar-refractivity contribution in [2.24, 2.45) is 5.73 Å². The second-order valence-corrected chi connectivity index (χ2v) is 5.54. The van der Waals surface area contributed by atoms with Crippen LogP contribution < -0.4 is 20.8 Å². The summed E-state index contributed by atoms with van der Waals surface area (Å²) in [6.45, 7) is 0. The number of esters is 1. The molecule has 7 heteroatoms. The number of fused-ring (bicyclic) bond motifs is 1. The number of amides is 1. The number of hydrogen-bond donors (Lipinski definition) is 1. The fourth-order valence-electron chi connectivity index (χ4n) is 2.36. The molecule has 0 unspecified atom stereocenters. The molecule has 0 saturated carbocycles. The fraction of sp³-hybridized carbons (Fsp3) is 0.0500. The Morgan fingerprint density at radius 2 is 1.74 bits per heavy atom. The quantitative estimate of drug-likeness (QED) is 0.322. The van der Waals surface area contributed by atoms with Gasteiger partial charge in [0.2, 0.25) is 0 Å². The lowest BCUT2D eigenvalue weighted by Crippen LogP contribution is -2.20. The van der Waals surface area contributed by atoms with E-state index in [4.69, 9.17) is 19.6 Å². The Kier molecular flexibility index (Phi) is 5.03. The molecule has 0 aliphatic carbocycles. The highest BCUT2D eigenvalue weighted by Crippen LogP contribution is 2.21. The molecular formula is C20H15NO6. The van der Waals surface area contributed by atoms with Gasteiger partial charge in [-0.3, -0.25) is 4.79 Å². The molecule has 0 fully saturated rings. The van der Waals surface area contributed by atoms with Crippen LogP contribution in [0.15, 0.2) is 63.8 Å². The number of primary amides is 1. The molecule has 0 spiro atoms. The first-order valence-corrected chi connectivity index (χ1v) is 7.88. The molecule has 0 atom stereocenters. The molecule has 0 saturated heterocycles. The molecule has 1 amide bonds. The Morgan fingerprint density at radius 1 is 1.04 bits per heavy atom. The van der Waals surface area contributed by atoms with E-state index in [2.05, 4.69) is 0 Å². The first-order chi connectivity index (χ1) is 13.0. The van der Waals surface area contributed by atoms with Crippen LogP contribution in [0.3, 0.4) is 0 Å². The van der Waals surface area contributed by atoms with E-state index in [1.165, 1.54) is 24.3 Å². The zero-order valence-corrected chi connectivity index (χ0v) is 14.3. The summed E-state index contributed by atoms with van der Waals surface area (Å²) in [7, 11) is 1.57. The summed E-state index contributed by atoms with van der Waals surface area (Å²) >= 11 is 0. The minimum atomic E-state index is -0.871. The van der Waals surface area contributed by atoms with Crippen molar-refractivity contribution in [1.29, 1.82) is 0 Å². The van der Waals surface area contributed by atoms with Crippen LogP contribution in [0.25, 0.3) is 17.0 Å². The van der Waals surface area contributed by atoms with Gasteiger partial charge >= 0.3 is 11.6 Å². The molecule has 2 N–H and O–H groups in total. The molecule has 0 bridgehead atoms. The summed E-state index contributed by atoms with van der Waals surface area (Å²) < 4.78 is 15.3. The summed E-state index contributed by atoms with van der Waals surface area (Å²) in [6, 6.07) is 12.9. The van der Waals surface area contributed by atoms with Gasteiger partial charge in [-0.1, -0.05) is 12.1 Å². The standard InChI is InChI=1S/C20H15NO6/c1-25-14-6-2-12(3-7-14)4-9-18(22)26-15-8-5-13-10-16(19(21)23)20(24)27-17(13)11-15/h2-11H,1H3,(H2,21,23)/b9-4+. The number of hydrogen-bond acceptors (Lipinski definition) is 6. The molecule has 27 heavy (non-hydrogen) atoms. The molecule has 7 nitrogen and oxygen atoms in total. The van der Waals surface area contributed by atoms with Crippen molar-refractivity contribution in [2.75, 3.05) is 7.11 Å². The lowest BCUT2D eigenvalue weighted by Gasteiger charge is -2.04. The van der Waals surface area contributed by atoms with E-state index in [9.17, 15) is 14.4 Å².